The van der Waals surface area contributed by atoms with Crippen LogP contribution in [-0.4, -0.2) is 41.1 Å². The Morgan fingerprint density at radius 1 is 0.952 bits per heavy atom. The fraction of sp³-hybridized carbons (Fsp3) is 1.00. The molecule has 1 unspecified atom stereocenters. The fourth-order valence-electron chi connectivity index (χ4n) is 2.65. The molecular formula is C12H18F6O3. The van der Waals surface area contributed by atoms with Crippen LogP contribution in [0.15, 0.2) is 0 Å². The molecule has 21 heavy (non-hydrogen) atoms. The van der Waals surface area contributed by atoms with Crippen molar-refractivity contribution in [3.63, 3.8) is 0 Å². The number of hydrogen-bond acceptors (Lipinski definition) is 3. The van der Waals surface area contributed by atoms with E-state index in [0.29, 0.717) is 25.7 Å². The van der Waals surface area contributed by atoms with E-state index in [2.05, 4.69) is 4.74 Å². The Morgan fingerprint density at radius 3 is 1.81 bits per heavy atom. The molecule has 0 aromatic rings. The Balaban J connectivity index is 2.96. The summed E-state index contributed by atoms with van der Waals surface area (Å²) >= 11 is 0. The van der Waals surface area contributed by atoms with Crippen LogP contribution in [0.3, 0.4) is 0 Å². The molecule has 0 amide bonds. The van der Waals surface area contributed by atoms with Crippen LogP contribution < -0.4 is 0 Å². The van der Waals surface area contributed by atoms with Gasteiger partial charge in [0.2, 0.25) is 0 Å². The molecular weight excluding hydrogens is 306 g/mol. The van der Waals surface area contributed by atoms with E-state index in [1.54, 1.807) is 0 Å². The monoisotopic (exact) mass is 324 g/mol. The van der Waals surface area contributed by atoms with Gasteiger partial charge >= 0.3 is 12.4 Å². The predicted octanol–water partition coefficient (Wildman–Crippen LogP) is 3.15. The lowest BCUT2D eigenvalue weighted by molar-refractivity contribution is -0.376. The minimum absolute atomic E-state index is 0.413. The molecule has 0 saturated heterocycles. The van der Waals surface area contributed by atoms with Crippen molar-refractivity contribution >= 4 is 0 Å². The van der Waals surface area contributed by atoms with E-state index in [-0.39, 0.29) is 0 Å². The maximum Gasteiger partial charge on any atom is 0.426 e. The van der Waals surface area contributed by atoms with Gasteiger partial charge in [-0.1, -0.05) is 19.3 Å². The third-order valence-corrected chi connectivity index (χ3v) is 3.90. The normalized spacial score (nSPS) is 20.6. The zero-order chi connectivity index (χ0) is 16.3. The number of aliphatic hydroxyl groups excluding tert-OH is 1. The van der Waals surface area contributed by atoms with Crippen molar-refractivity contribution in [1.82, 2.24) is 0 Å². The van der Waals surface area contributed by atoms with E-state index < -0.39 is 43.2 Å². The predicted molar refractivity (Wildman–Crippen MR) is 60.2 cm³/mol. The van der Waals surface area contributed by atoms with Gasteiger partial charge in [0.05, 0.1) is 6.10 Å². The van der Waals surface area contributed by atoms with Crippen molar-refractivity contribution in [2.75, 3.05) is 6.79 Å². The molecule has 3 nitrogen and oxygen atoms in total. The summed E-state index contributed by atoms with van der Waals surface area (Å²) in [5, 5.41) is 17.9. The van der Waals surface area contributed by atoms with E-state index >= 15 is 0 Å². The summed E-state index contributed by atoms with van der Waals surface area (Å²) in [5.74, 6) is -0.540. The van der Waals surface area contributed by atoms with E-state index in [9.17, 15) is 31.4 Å². The number of hydrogen-bond donors (Lipinski definition) is 2. The van der Waals surface area contributed by atoms with Gasteiger partial charge in [0.25, 0.3) is 5.60 Å². The molecule has 0 aromatic heterocycles. The highest BCUT2D eigenvalue weighted by Gasteiger charge is 2.70. The smallest absolute Gasteiger partial charge is 0.374 e. The van der Waals surface area contributed by atoms with Crippen molar-refractivity contribution in [2.45, 2.75) is 62.6 Å². The van der Waals surface area contributed by atoms with Crippen LogP contribution in [0.4, 0.5) is 26.3 Å². The van der Waals surface area contributed by atoms with Gasteiger partial charge in [0.15, 0.2) is 0 Å². The highest BCUT2D eigenvalue weighted by atomic mass is 19.4. The van der Waals surface area contributed by atoms with Gasteiger partial charge in [-0.2, -0.15) is 26.3 Å². The zero-order valence-corrected chi connectivity index (χ0v) is 11.2. The molecule has 0 radical (unpaired) electrons. The van der Waals surface area contributed by atoms with Gasteiger partial charge in [-0.05, 0) is 18.8 Å². The average Bonchev–Trinajstić information content (AvgIpc) is 2.36. The highest BCUT2D eigenvalue weighted by Crippen LogP contribution is 2.47. The Kier molecular flexibility index (Phi) is 5.91. The van der Waals surface area contributed by atoms with Gasteiger partial charge in [-0.3, -0.25) is 0 Å². The molecule has 1 atom stereocenters. The lowest BCUT2D eigenvalue weighted by Gasteiger charge is -2.38. The summed E-state index contributed by atoms with van der Waals surface area (Å²) in [6, 6.07) is 0. The van der Waals surface area contributed by atoms with Crippen molar-refractivity contribution in [3.05, 3.63) is 0 Å². The third-order valence-electron chi connectivity index (χ3n) is 3.90. The molecule has 126 valence electrons. The summed E-state index contributed by atoms with van der Waals surface area (Å²) in [6.07, 6.45) is -11.9. The van der Waals surface area contributed by atoms with Crippen LogP contribution in [0.25, 0.3) is 0 Å². The van der Waals surface area contributed by atoms with Crippen molar-refractivity contribution in [3.8, 4) is 0 Å². The lowest BCUT2D eigenvalue weighted by Crippen LogP contribution is -2.59. The number of halogens is 6. The third kappa shape index (κ3) is 4.23. The second kappa shape index (κ2) is 6.70. The molecule has 0 heterocycles. The Bertz CT molecular complexity index is 308. The van der Waals surface area contributed by atoms with Crippen LogP contribution in [0, 0.1) is 5.92 Å². The second-order valence-corrected chi connectivity index (χ2v) is 5.29. The minimum atomic E-state index is -5.86. The van der Waals surface area contributed by atoms with Crippen LogP contribution in [-0.2, 0) is 4.74 Å². The van der Waals surface area contributed by atoms with Crippen LogP contribution in [0.2, 0.25) is 0 Å². The Morgan fingerprint density at radius 2 is 1.43 bits per heavy atom. The molecule has 1 saturated carbocycles. The molecule has 0 aliphatic heterocycles. The highest BCUT2D eigenvalue weighted by molar-refractivity contribution is 4.97. The fourth-order valence-corrected chi connectivity index (χ4v) is 2.65. The van der Waals surface area contributed by atoms with Gasteiger partial charge in [-0.15, -0.1) is 0 Å². The van der Waals surface area contributed by atoms with Crippen LogP contribution >= 0.6 is 0 Å². The summed E-state index contributed by atoms with van der Waals surface area (Å²) in [4.78, 5) is 0. The van der Waals surface area contributed by atoms with Gasteiger partial charge in [0.1, 0.15) is 6.79 Å². The zero-order valence-electron chi connectivity index (χ0n) is 11.2. The van der Waals surface area contributed by atoms with Crippen molar-refractivity contribution in [2.24, 2.45) is 5.92 Å². The van der Waals surface area contributed by atoms with E-state index in [1.165, 1.54) is 0 Å². The van der Waals surface area contributed by atoms with Gasteiger partial charge in [0, 0.05) is 6.42 Å². The molecule has 1 fully saturated rings. The molecule has 0 aromatic carbocycles. The topological polar surface area (TPSA) is 49.7 Å². The van der Waals surface area contributed by atoms with E-state index in [0.717, 1.165) is 6.42 Å². The number of ether oxygens (including phenoxy) is 1. The number of alkyl halides is 6. The first-order valence-electron chi connectivity index (χ1n) is 6.61. The molecule has 0 bridgehead atoms. The SMILES string of the molecule is OCOC(CC(O)(C(F)(F)F)C(F)(F)F)C1CCCCC1. The first-order chi connectivity index (χ1) is 9.53. The largest absolute Gasteiger partial charge is 0.426 e. The van der Waals surface area contributed by atoms with Crippen molar-refractivity contribution < 1.29 is 41.3 Å². The summed E-state index contributed by atoms with van der Waals surface area (Å²) in [7, 11) is 0. The molecule has 1 rings (SSSR count). The summed E-state index contributed by atoms with van der Waals surface area (Å²) in [6.45, 7) is -0.993. The maximum absolute atomic E-state index is 12.7. The number of aliphatic hydroxyl groups is 2. The lowest BCUT2D eigenvalue weighted by atomic mass is 9.80. The number of rotatable bonds is 5. The molecule has 0 spiro atoms. The van der Waals surface area contributed by atoms with E-state index in [1.807, 2.05) is 0 Å². The summed E-state index contributed by atoms with van der Waals surface area (Å²) in [5.41, 5.74) is -4.84. The van der Waals surface area contributed by atoms with Crippen LogP contribution in [0.1, 0.15) is 38.5 Å². The molecule has 1 aliphatic rings. The molecule has 2 N–H and O–H groups in total. The molecule has 1 aliphatic carbocycles. The van der Waals surface area contributed by atoms with Gasteiger partial charge in [-0.25, -0.2) is 0 Å². The maximum atomic E-state index is 12.7. The van der Waals surface area contributed by atoms with E-state index in [4.69, 9.17) is 5.11 Å². The first kappa shape index (κ1) is 18.5. The average molecular weight is 324 g/mol. The molecule has 9 heteroatoms. The first-order valence-corrected chi connectivity index (χ1v) is 6.61. The second-order valence-electron chi connectivity index (χ2n) is 5.29. The minimum Gasteiger partial charge on any atom is -0.374 e. The quantitative estimate of drug-likeness (QED) is 0.603. The Labute approximate surface area is 117 Å². The van der Waals surface area contributed by atoms with Crippen molar-refractivity contribution in [1.29, 1.82) is 0 Å². The Hall–Kier alpha value is -0.540. The van der Waals surface area contributed by atoms with Crippen LogP contribution in [0.5, 0.6) is 0 Å². The van der Waals surface area contributed by atoms with Gasteiger partial charge < -0.3 is 14.9 Å². The standard InChI is InChI=1S/C12H18F6O3/c13-11(14,15)10(20,12(16,17)18)6-9(21-7-19)8-4-2-1-3-5-8/h8-9,19-20H,1-7H2. The summed E-state index contributed by atoms with van der Waals surface area (Å²) < 4.78 is 80.7.